The normalized spacial score (nSPS) is 22.2. The first-order valence-electron chi connectivity index (χ1n) is 4.53. The summed E-state index contributed by atoms with van der Waals surface area (Å²) in [6.45, 7) is 0. The van der Waals surface area contributed by atoms with E-state index in [4.69, 9.17) is 0 Å². The van der Waals surface area contributed by atoms with Gasteiger partial charge in [0, 0.05) is 12.8 Å². The summed E-state index contributed by atoms with van der Waals surface area (Å²) >= 11 is 0. The molecule has 1 aromatic rings. The lowest BCUT2D eigenvalue weighted by atomic mass is 9.98. The maximum atomic E-state index is 12.6. The molecule has 0 aromatic heterocycles. The molecule has 1 atom stereocenters. The minimum atomic E-state index is -0.215. The van der Waals surface area contributed by atoms with Crippen LogP contribution in [0.25, 0.3) is 0 Å². The van der Waals surface area contributed by atoms with Crippen LogP contribution >= 0.6 is 0 Å². The van der Waals surface area contributed by atoms with E-state index in [1.807, 2.05) is 0 Å². The van der Waals surface area contributed by atoms with Gasteiger partial charge >= 0.3 is 0 Å². The molecule has 1 aromatic carbocycles. The number of benzene rings is 1. The second-order valence-corrected chi connectivity index (χ2v) is 3.53. The number of halogens is 1. The monoisotopic (exact) mass is 178 g/mol. The van der Waals surface area contributed by atoms with Crippen LogP contribution in [0.15, 0.2) is 24.3 Å². The van der Waals surface area contributed by atoms with Gasteiger partial charge in [-0.2, -0.15) is 0 Å². The van der Waals surface area contributed by atoms with Crippen LogP contribution in [0.5, 0.6) is 0 Å². The predicted molar refractivity (Wildman–Crippen MR) is 48.0 cm³/mol. The molecule has 0 saturated heterocycles. The van der Waals surface area contributed by atoms with Crippen molar-refractivity contribution in [2.75, 3.05) is 0 Å². The number of ketones is 1. The Morgan fingerprint density at radius 3 is 2.46 bits per heavy atom. The maximum Gasteiger partial charge on any atom is 0.133 e. The minimum Gasteiger partial charge on any atom is -0.300 e. The third kappa shape index (κ3) is 1.77. The molecule has 0 N–H and O–H groups in total. The van der Waals surface area contributed by atoms with Gasteiger partial charge in [-0.1, -0.05) is 12.1 Å². The maximum absolute atomic E-state index is 12.6. The third-order valence-corrected chi connectivity index (χ3v) is 2.59. The average Bonchev–Trinajstić information content (AvgIpc) is 2.53. The zero-order valence-electron chi connectivity index (χ0n) is 7.29. The van der Waals surface area contributed by atoms with E-state index in [0.29, 0.717) is 24.5 Å². The Morgan fingerprint density at radius 2 is 1.92 bits per heavy atom. The van der Waals surface area contributed by atoms with Crippen molar-refractivity contribution in [1.82, 2.24) is 0 Å². The van der Waals surface area contributed by atoms with E-state index in [-0.39, 0.29) is 5.82 Å². The second kappa shape index (κ2) is 3.29. The summed E-state index contributed by atoms with van der Waals surface area (Å²) in [5.74, 6) is 0.440. The van der Waals surface area contributed by atoms with Gasteiger partial charge in [0.05, 0.1) is 0 Å². The fourth-order valence-corrected chi connectivity index (χ4v) is 1.83. The van der Waals surface area contributed by atoms with Crippen LogP contribution in [0.1, 0.15) is 30.7 Å². The Kier molecular flexibility index (Phi) is 2.13. The van der Waals surface area contributed by atoms with Gasteiger partial charge in [0.2, 0.25) is 0 Å². The molecule has 1 aliphatic carbocycles. The van der Waals surface area contributed by atoms with Gasteiger partial charge < -0.3 is 0 Å². The molecule has 0 radical (unpaired) electrons. The van der Waals surface area contributed by atoms with Crippen molar-refractivity contribution in [2.24, 2.45) is 0 Å². The number of hydrogen-bond acceptors (Lipinski definition) is 1. The Morgan fingerprint density at radius 1 is 1.23 bits per heavy atom. The molecular formula is C11H11FO. The number of rotatable bonds is 1. The van der Waals surface area contributed by atoms with Crippen molar-refractivity contribution in [3.63, 3.8) is 0 Å². The molecule has 0 bridgehead atoms. The van der Waals surface area contributed by atoms with E-state index in [1.165, 1.54) is 12.1 Å². The van der Waals surface area contributed by atoms with Gasteiger partial charge in [-0.25, -0.2) is 4.39 Å². The highest BCUT2D eigenvalue weighted by Crippen LogP contribution is 2.31. The molecule has 0 amide bonds. The highest BCUT2D eigenvalue weighted by molar-refractivity contribution is 5.81. The zero-order valence-corrected chi connectivity index (χ0v) is 7.29. The van der Waals surface area contributed by atoms with Gasteiger partial charge in [0.15, 0.2) is 0 Å². The smallest absolute Gasteiger partial charge is 0.133 e. The summed E-state index contributed by atoms with van der Waals surface area (Å²) in [4.78, 5) is 11.0. The fourth-order valence-electron chi connectivity index (χ4n) is 1.83. The van der Waals surface area contributed by atoms with E-state index < -0.39 is 0 Å². The molecule has 0 heterocycles. The molecular weight excluding hydrogens is 167 g/mol. The first kappa shape index (κ1) is 8.42. The molecule has 1 nitrogen and oxygen atoms in total. The minimum absolute atomic E-state index is 0.215. The molecule has 1 aliphatic rings. The summed E-state index contributed by atoms with van der Waals surface area (Å²) < 4.78 is 12.6. The van der Waals surface area contributed by atoms with E-state index in [0.717, 1.165) is 12.0 Å². The number of hydrogen-bond donors (Lipinski definition) is 0. The van der Waals surface area contributed by atoms with Gasteiger partial charge in [-0.05, 0) is 30.0 Å². The molecule has 0 aliphatic heterocycles. The van der Waals surface area contributed by atoms with Crippen molar-refractivity contribution < 1.29 is 9.18 Å². The largest absolute Gasteiger partial charge is 0.300 e. The van der Waals surface area contributed by atoms with Gasteiger partial charge in [-0.3, -0.25) is 4.79 Å². The van der Waals surface area contributed by atoms with Gasteiger partial charge in [-0.15, -0.1) is 0 Å². The summed E-state index contributed by atoms with van der Waals surface area (Å²) in [6.07, 6.45) is 2.23. The van der Waals surface area contributed by atoms with Crippen LogP contribution in [0.2, 0.25) is 0 Å². The summed E-state index contributed by atoms with van der Waals surface area (Å²) in [5.41, 5.74) is 1.09. The van der Waals surface area contributed by atoms with Crippen molar-refractivity contribution in [3.8, 4) is 0 Å². The van der Waals surface area contributed by atoms with Gasteiger partial charge in [0.1, 0.15) is 11.6 Å². The first-order valence-corrected chi connectivity index (χ1v) is 4.53. The Labute approximate surface area is 76.6 Å². The van der Waals surface area contributed by atoms with Crippen molar-refractivity contribution in [2.45, 2.75) is 25.2 Å². The fraction of sp³-hybridized carbons (Fsp3) is 0.364. The summed E-state index contributed by atoms with van der Waals surface area (Å²) in [5, 5.41) is 0. The predicted octanol–water partition coefficient (Wildman–Crippen LogP) is 2.66. The van der Waals surface area contributed by atoms with Crippen molar-refractivity contribution >= 4 is 5.78 Å². The lowest BCUT2D eigenvalue weighted by molar-refractivity contribution is -0.117. The highest BCUT2D eigenvalue weighted by Gasteiger charge is 2.23. The molecule has 0 unspecified atom stereocenters. The summed E-state index contributed by atoms with van der Waals surface area (Å²) in [6, 6.07) is 6.47. The second-order valence-electron chi connectivity index (χ2n) is 3.53. The molecule has 2 heteroatoms. The molecule has 1 fully saturated rings. The number of carbonyl (C=O) groups excluding carboxylic acids is 1. The highest BCUT2D eigenvalue weighted by atomic mass is 19.1. The van der Waals surface area contributed by atoms with Crippen LogP contribution < -0.4 is 0 Å². The Balaban J connectivity index is 2.17. The SMILES string of the molecule is O=C1CC[C@@H](c2ccc(F)cc2)C1. The number of Topliss-reactive ketones (excluding diaryl/α,β-unsaturated/α-hetero) is 1. The van der Waals surface area contributed by atoms with Crippen molar-refractivity contribution in [1.29, 1.82) is 0 Å². The van der Waals surface area contributed by atoms with Crippen molar-refractivity contribution in [3.05, 3.63) is 35.6 Å². The third-order valence-electron chi connectivity index (χ3n) is 2.59. The van der Waals surface area contributed by atoms with E-state index in [9.17, 15) is 9.18 Å². The molecule has 13 heavy (non-hydrogen) atoms. The Hall–Kier alpha value is -1.18. The van der Waals surface area contributed by atoms with Crippen LogP contribution in [-0.4, -0.2) is 5.78 Å². The lowest BCUT2D eigenvalue weighted by Gasteiger charge is -2.07. The topological polar surface area (TPSA) is 17.1 Å². The Bertz CT molecular complexity index is 315. The summed E-state index contributed by atoms with van der Waals surface area (Å²) in [7, 11) is 0. The lowest BCUT2D eigenvalue weighted by Crippen LogP contribution is -1.93. The standard InChI is InChI=1S/C11H11FO/c12-10-4-1-8(2-5-10)9-3-6-11(13)7-9/h1-2,4-5,9H,3,6-7H2/t9-/m1/s1. The van der Waals surface area contributed by atoms with Crippen LogP contribution in [0, 0.1) is 5.82 Å². The first-order chi connectivity index (χ1) is 6.25. The molecule has 0 spiro atoms. The van der Waals surface area contributed by atoms with Crippen LogP contribution in [-0.2, 0) is 4.79 Å². The number of carbonyl (C=O) groups is 1. The molecule has 68 valence electrons. The van der Waals surface area contributed by atoms with Gasteiger partial charge in [0.25, 0.3) is 0 Å². The molecule has 2 rings (SSSR count). The zero-order chi connectivity index (χ0) is 9.26. The van der Waals surface area contributed by atoms with E-state index >= 15 is 0 Å². The van der Waals surface area contributed by atoms with E-state index in [1.54, 1.807) is 12.1 Å². The van der Waals surface area contributed by atoms with Crippen LogP contribution in [0.3, 0.4) is 0 Å². The van der Waals surface area contributed by atoms with E-state index in [2.05, 4.69) is 0 Å². The van der Waals surface area contributed by atoms with Crippen LogP contribution in [0.4, 0.5) is 4.39 Å². The quantitative estimate of drug-likeness (QED) is 0.646. The molecule has 1 saturated carbocycles. The average molecular weight is 178 g/mol.